The zero-order valence-corrected chi connectivity index (χ0v) is 11.9. The zero-order chi connectivity index (χ0) is 14.7. The molecular formula is C14H18N6O. The van der Waals surface area contributed by atoms with Gasteiger partial charge in [-0.25, -0.2) is 4.98 Å². The summed E-state index contributed by atoms with van der Waals surface area (Å²) in [4.78, 5) is 4.44. The van der Waals surface area contributed by atoms with E-state index < -0.39 is 0 Å². The second kappa shape index (κ2) is 5.82. The fourth-order valence-corrected chi connectivity index (χ4v) is 2.26. The highest BCUT2D eigenvalue weighted by Gasteiger charge is 2.12. The summed E-state index contributed by atoms with van der Waals surface area (Å²) >= 11 is 0. The summed E-state index contributed by atoms with van der Waals surface area (Å²) in [5.41, 5.74) is 7.82. The molecule has 2 N–H and O–H groups in total. The minimum absolute atomic E-state index is 0.484. The first kappa shape index (κ1) is 13.4. The molecule has 0 saturated carbocycles. The molecule has 0 atom stereocenters. The van der Waals surface area contributed by atoms with Gasteiger partial charge in [-0.3, -0.25) is 4.68 Å². The molecule has 1 aromatic carbocycles. The van der Waals surface area contributed by atoms with Crippen LogP contribution in [-0.2, 0) is 13.1 Å². The lowest BCUT2D eigenvalue weighted by Gasteiger charge is -2.07. The van der Waals surface area contributed by atoms with Crippen molar-refractivity contribution in [2.75, 3.05) is 12.3 Å². The monoisotopic (exact) mass is 286 g/mol. The number of nitrogen functional groups attached to an aromatic ring is 1. The van der Waals surface area contributed by atoms with Crippen molar-refractivity contribution in [3.8, 4) is 5.75 Å². The van der Waals surface area contributed by atoms with Crippen molar-refractivity contribution in [1.29, 1.82) is 0 Å². The number of hydrogen-bond acceptors (Lipinski definition) is 5. The first-order valence-electron chi connectivity index (χ1n) is 7.01. The number of ether oxygens (including phenoxy) is 1. The predicted octanol–water partition coefficient (Wildman–Crippen LogP) is 1.70. The van der Waals surface area contributed by atoms with Crippen molar-refractivity contribution in [2.45, 2.75) is 26.4 Å². The van der Waals surface area contributed by atoms with E-state index in [0.717, 1.165) is 23.2 Å². The molecule has 0 aliphatic heterocycles. The quantitative estimate of drug-likeness (QED) is 0.745. The van der Waals surface area contributed by atoms with E-state index >= 15 is 0 Å². The van der Waals surface area contributed by atoms with E-state index in [1.54, 1.807) is 10.9 Å². The highest BCUT2D eigenvalue weighted by molar-refractivity contribution is 5.84. The number of aromatic nitrogens is 5. The summed E-state index contributed by atoms with van der Waals surface area (Å²) in [5.74, 6) is 1.26. The maximum atomic E-state index is 6.04. The number of aryl methyl sites for hydroxylation is 2. The molecule has 0 radical (unpaired) electrons. The van der Waals surface area contributed by atoms with Gasteiger partial charge >= 0.3 is 0 Å². The van der Waals surface area contributed by atoms with Crippen LogP contribution in [0.25, 0.3) is 11.0 Å². The van der Waals surface area contributed by atoms with Crippen LogP contribution in [0, 0.1) is 0 Å². The molecule has 3 rings (SSSR count). The lowest BCUT2D eigenvalue weighted by Crippen LogP contribution is -2.10. The molecule has 0 amide bonds. The first-order valence-corrected chi connectivity index (χ1v) is 7.01. The number of nitrogens with two attached hydrogens (primary N) is 1. The molecule has 0 spiro atoms. The Bertz CT molecular complexity index is 718. The number of hydrogen-bond donors (Lipinski definition) is 1. The van der Waals surface area contributed by atoms with Gasteiger partial charge in [-0.2, -0.15) is 0 Å². The van der Waals surface area contributed by atoms with Crippen molar-refractivity contribution in [1.82, 2.24) is 24.5 Å². The highest BCUT2D eigenvalue weighted by atomic mass is 16.5. The molecule has 3 aromatic rings. The number of imidazole rings is 1. The average molecular weight is 286 g/mol. The van der Waals surface area contributed by atoms with Crippen LogP contribution < -0.4 is 10.5 Å². The van der Waals surface area contributed by atoms with Gasteiger partial charge in [0.1, 0.15) is 11.3 Å². The van der Waals surface area contributed by atoms with Gasteiger partial charge in [0.25, 0.3) is 0 Å². The Labute approximate surface area is 122 Å². The summed E-state index contributed by atoms with van der Waals surface area (Å²) < 4.78 is 9.46. The van der Waals surface area contributed by atoms with Crippen LogP contribution in [0.2, 0.25) is 0 Å². The third-order valence-corrected chi connectivity index (χ3v) is 3.26. The van der Waals surface area contributed by atoms with Gasteiger partial charge in [-0.15, -0.1) is 5.10 Å². The van der Waals surface area contributed by atoms with E-state index in [1.165, 1.54) is 0 Å². The maximum Gasteiger partial charge on any atom is 0.201 e. The molecule has 0 aliphatic rings. The smallest absolute Gasteiger partial charge is 0.201 e. The second-order valence-corrected chi connectivity index (χ2v) is 4.76. The minimum atomic E-state index is 0.484. The fraction of sp³-hybridized carbons (Fsp3) is 0.357. The predicted molar refractivity (Wildman–Crippen MR) is 80.0 cm³/mol. The van der Waals surface area contributed by atoms with Crippen LogP contribution in [0.1, 0.15) is 13.3 Å². The molecule has 0 fully saturated rings. The average Bonchev–Trinajstić information content (AvgIpc) is 3.10. The SMILES string of the molecule is CCCOc1cccc2c1nc(N)n2CCn1ccnn1. The lowest BCUT2D eigenvalue weighted by molar-refractivity contribution is 0.320. The number of nitrogens with zero attached hydrogens (tertiary/aromatic N) is 5. The fourth-order valence-electron chi connectivity index (χ4n) is 2.26. The van der Waals surface area contributed by atoms with Gasteiger partial charge in [0.05, 0.1) is 24.9 Å². The van der Waals surface area contributed by atoms with Crippen LogP contribution in [0.5, 0.6) is 5.75 Å². The van der Waals surface area contributed by atoms with Crippen LogP contribution in [0.4, 0.5) is 5.95 Å². The first-order chi connectivity index (χ1) is 10.3. The van der Waals surface area contributed by atoms with Crippen LogP contribution in [0.3, 0.4) is 0 Å². The van der Waals surface area contributed by atoms with Crippen LogP contribution in [-0.4, -0.2) is 31.2 Å². The second-order valence-electron chi connectivity index (χ2n) is 4.76. The van der Waals surface area contributed by atoms with Gasteiger partial charge in [-0.1, -0.05) is 18.2 Å². The molecule has 7 heteroatoms. The maximum absolute atomic E-state index is 6.04. The van der Waals surface area contributed by atoms with Gasteiger partial charge in [0.15, 0.2) is 0 Å². The standard InChI is InChI=1S/C14H18N6O/c1-2-10-21-12-5-3-4-11-13(12)17-14(15)20(11)9-8-19-7-6-16-18-19/h3-7H,2,8-10H2,1H3,(H2,15,17). The molecule has 21 heavy (non-hydrogen) atoms. The number of anilines is 1. The number of para-hydroxylation sites is 1. The van der Waals surface area contributed by atoms with Crippen molar-refractivity contribution >= 4 is 17.0 Å². The molecular weight excluding hydrogens is 268 g/mol. The Kier molecular flexibility index (Phi) is 3.72. The van der Waals surface area contributed by atoms with E-state index in [1.807, 2.05) is 29.0 Å². The zero-order valence-electron chi connectivity index (χ0n) is 11.9. The van der Waals surface area contributed by atoms with E-state index in [9.17, 15) is 0 Å². The van der Waals surface area contributed by atoms with E-state index in [2.05, 4.69) is 22.2 Å². The normalized spacial score (nSPS) is 11.1. The number of benzene rings is 1. The summed E-state index contributed by atoms with van der Waals surface area (Å²) in [5, 5.41) is 7.74. The lowest BCUT2D eigenvalue weighted by atomic mass is 10.3. The molecule has 0 bridgehead atoms. The summed E-state index contributed by atoms with van der Waals surface area (Å²) in [7, 11) is 0. The Morgan fingerprint density at radius 2 is 2.19 bits per heavy atom. The van der Waals surface area contributed by atoms with Gasteiger partial charge in [0, 0.05) is 12.7 Å². The van der Waals surface area contributed by atoms with Crippen molar-refractivity contribution < 1.29 is 4.74 Å². The van der Waals surface area contributed by atoms with Crippen molar-refractivity contribution in [3.05, 3.63) is 30.6 Å². The molecule has 110 valence electrons. The van der Waals surface area contributed by atoms with E-state index in [-0.39, 0.29) is 0 Å². The molecule has 0 aliphatic carbocycles. The Morgan fingerprint density at radius 3 is 2.95 bits per heavy atom. The summed E-state index contributed by atoms with van der Waals surface area (Å²) in [6, 6.07) is 5.88. The minimum Gasteiger partial charge on any atom is -0.491 e. The number of rotatable bonds is 6. The largest absolute Gasteiger partial charge is 0.491 e. The van der Waals surface area contributed by atoms with Crippen molar-refractivity contribution in [3.63, 3.8) is 0 Å². The number of fused-ring (bicyclic) bond motifs is 1. The molecule has 0 unspecified atom stereocenters. The molecule has 7 nitrogen and oxygen atoms in total. The Hall–Kier alpha value is -2.57. The van der Waals surface area contributed by atoms with E-state index in [0.29, 0.717) is 25.6 Å². The Morgan fingerprint density at radius 1 is 1.29 bits per heavy atom. The Balaban J connectivity index is 1.89. The topological polar surface area (TPSA) is 83.8 Å². The highest BCUT2D eigenvalue weighted by Crippen LogP contribution is 2.27. The summed E-state index contributed by atoms with van der Waals surface area (Å²) in [6.45, 7) is 4.12. The molecule has 0 saturated heterocycles. The third-order valence-electron chi connectivity index (χ3n) is 3.26. The van der Waals surface area contributed by atoms with Gasteiger partial charge < -0.3 is 15.0 Å². The van der Waals surface area contributed by atoms with Crippen molar-refractivity contribution in [2.24, 2.45) is 0 Å². The molecule has 2 aromatic heterocycles. The summed E-state index contributed by atoms with van der Waals surface area (Å²) in [6.07, 6.45) is 4.44. The molecule has 2 heterocycles. The van der Waals surface area contributed by atoms with Crippen LogP contribution in [0.15, 0.2) is 30.6 Å². The van der Waals surface area contributed by atoms with E-state index in [4.69, 9.17) is 10.5 Å². The van der Waals surface area contributed by atoms with Gasteiger partial charge in [0.2, 0.25) is 5.95 Å². The van der Waals surface area contributed by atoms with Gasteiger partial charge in [-0.05, 0) is 18.6 Å². The van der Waals surface area contributed by atoms with Crippen LogP contribution >= 0.6 is 0 Å². The third kappa shape index (κ3) is 2.67.